The molecule has 0 aliphatic carbocycles. The molecule has 2 amide bonds. The Hall–Kier alpha value is -3.15. The van der Waals surface area contributed by atoms with Crippen LogP contribution >= 0.6 is 11.3 Å². The van der Waals surface area contributed by atoms with Crippen LogP contribution in [0.1, 0.15) is 5.56 Å². The zero-order valence-corrected chi connectivity index (χ0v) is 13.7. The van der Waals surface area contributed by atoms with Crippen molar-refractivity contribution in [2.24, 2.45) is 0 Å². The van der Waals surface area contributed by atoms with Gasteiger partial charge in [-0.3, -0.25) is 0 Å². The maximum atomic E-state index is 13.1. The number of hydrogen-bond acceptors (Lipinski definition) is 6. The quantitative estimate of drug-likeness (QED) is 0.710. The van der Waals surface area contributed by atoms with Gasteiger partial charge >= 0.3 is 12.2 Å². The molecule has 3 aromatic rings. The first-order valence-electron chi connectivity index (χ1n) is 7.26. The third kappa shape index (κ3) is 2.63. The van der Waals surface area contributed by atoms with E-state index < -0.39 is 17.6 Å². The zero-order chi connectivity index (χ0) is 18.5. The average Bonchev–Trinajstić information content (AvgIpc) is 3.15. The molecule has 0 saturated heterocycles. The van der Waals surface area contributed by atoms with Gasteiger partial charge in [0.05, 0.1) is 17.5 Å². The lowest BCUT2D eigenvalue weighted by molar-refractivity contribution is -0.137. The highest BCUT2D eigenvalue weighted by molar-refractivity contribution is 7.20. The molecule has 12 heteroatoms. The summed E-state index contributed by atoms with van der Waals surface area (Å²) in [4.78, 5) is 21.4. The summed E-state index contributed by atoms with van der Waals surface area (Å²) in [6, 6.07) is 0.553. The maximum Gasteiger partial charge on any atom is 0.419 e. The molecule has 26 heavy (non-hydrogen) atoms. The number of urea groups is 1. The van der Waals surface area contributed by atoms with Crippen LogP contribution < -0.4 is 16.0 Å². The van der Waals surface area contributed by atoms with E-state index in [0.717, 1.165) is 17.4 Å². The number of nitrogens with two attached hydrogens (primary N) is 1. The molecule has 0 spiro atoms. The fourth-order valence-electron chi connectivity index (χ4n) is 2.43. The Morgan fingerprint density at radius 1 is 1.27 bits per heavy atom. The lowest BCUT2D eigenvalue weighted by atomic mass is 10.1. The van der Waals surface area contributed by atoms with Crippen LogP contribution in [0.4, 0.5) is 28.9 Å². The Kier molecular flexibility index (Phi) is 3.57. The van der Waals surface area contributed by atoms with Gasteiger partial charge in [0, 0.05) is 24.5 Å². The summed E-state index contributed by atoms with van der Waals surface area (Å²) in [5, 5.41) is 7.25. The largest absolute Gasteiger partial charge is 0.419 e. The summed E-state index contributed by atoms with van der Waals surface area (Å²) < 4.78 is 40.5. The topological polar surface area (TPSA) is 101 Å². The summed E-state index contributed by atoms with van der Waals surface area (Å²) in [5.74, 6) is -0.601. The van der Waals surface area contributed by atoms with Gasteiger partial charge < -0.3 is 11.1 Å². The lowest BCUT2D eigenvalue weighted by Crippen LogP contribution is -2.39. The average molecular weight is 381 g/mol. The predicted octanol–water partition coefficient (Wildman–Crippen LogP) is 2.50. The first-order chi connectivity index (χ1) is 12.3. The van der Waals surface area contributed by atoms with E-state index >= 15 is 0 Å². The normalized spacial score (nSPS) is 14.9. The number of halogens is 3. The number of carbonyl (C=O) groups is 1. The van der Waals surface area contributed by atoms with Crippen molar-refractivity contribution >= 4 is 33.3 Å². The van der Waals surface area contributed by atoms with Crippen LogP contribution in [0.2, 0.25) is 0 Å². The van der Waals surface area contributed by atoms with E-state index in [1.807, 2.05) is 0 Å². The molecule has 0 aromatic carbocycles. The minimum atomic E-state index is -4.62. The first kappa shape index (κ1) is 16.3. The van der Waals surface area contributed by atoms with E-state index in [1.54, 1.807) is 12.3 Å². The predicted molar refractivity (Wildman–Crippen MR) is 88.5 cm³/mol. The third-order valence-corrected chi connectivity index (χ3v) is 4.57. The Morgan fingerprint density at radius 2 is 2.08 bits per heavy atom. The van der Waals surface area contributed by atoms with Crippen molar-refractivity contribution in [3.8, 4) is 11.3 Å². The lowest BCUT2D eigenvalue weighted by Gasteiger charge is -2.18. The molecule has 4 rings (SSSR count). The van der Waals surface area contributed by atoms with Crippen molar-refractivity contribution in [2.45, 2.75) is 6.18 Å². The molecule has 3 aromatic heterocycles. The number of nitrogen functional groups attached to an aromatic ring is 1. The van der Waals surface area contributed by atoms with Crippen molar-refractivity contribution in [3.05, 3.63) is 36.3 Å². The van der Waals surface area contributed by atoms with E-state index in [1.165, 1.54) is 21.8 Å². The van der Waals surface area contributed by atoms with E-state index in [2.05, 4.69) is 20.4 Å². The summed E-state index contributed by atoms with van der Waals surface area (Å²) in [5.41, 5.74) is 4.77. The highest BCUT2D eigenvalue weighted by Crippen LogP contribution is 2.36. The summed E-state index contributed by atoms with van der Waals surface area (Å²) in [7, 11) is 0. The van der Waals surface area contributed by atoms with Gasteiger partial charge in [-0.05, 0) is 12.1 Å². The second-order valence-corrected chi connectivity index (χ2v) is 6.25. The van der Waals surface area contributed by atoms with Crippen LogP contribution in [0.5, 0.6) is 0 Å². The molecule has 134 valence electrons. The van der Waals surface area contributed by atoms with Crippen molar-refractivity contribution in [3.63, 3.8) is 0 Å². The number of nitrogens with zero attached hydrogens (tertiary/aromatic N) is 5. The monoisotopic (exact) mass is 381 g/mol. The number of fused-ring (bicyclic) bond motifs is 1. The second kappa shape index (κ2) is 5.69. The molecule has 0 radical (unpaired) electrons. The van der Waals surface area contributed by atoms with Gasteiger partial charge in [0.1, 0.15) is 5.82 Å². The molecule has 0 fully saturated rings. The van der Waals surface area contributed by atoms with E-state index in [4.69, 9.17) is 5.73 Å². The third-order valence-electron chi connectivity index (χ3n) is 3.64. The van der Waals surface area contributed by atoms with E-state index in [-0.39, 0.29) is 11.6 Å². The number of aromatic nitrogens is 4. The Labute approximate surface area is 147 Å². The summed E-state index contributed by atoms with van der Waals surface area (Å²) in [6.07, 6.45) is 1.30. The van der Waals surface area contributed by atoms with Crippen LogP contribution in [-0.2, 0) is 6.18 Å². The molecule has 0 unspecified atom stereocenters. The van der Waals surface area contributed by atoms with Gasteiger partial charge in [-0.2, -0.15) is 13.2 Å². The highest BCUT2D eigenvalue weighted by Gasteiger charge is 2.34. The second-order valence-electron chi connectivity index (χ2n) is 5.32. The number of alkyl halides is 3. The van der Waals surface area contributed by atoms with Crippen LogP contribution in [0.25, 0.3) is 16.2 Å². The number of amides is 2. The number of imidazole rings is 1. The number of pyridine rings is 1. The molecule has 0 bridgehead atoms. The number of rotatable bonds is 2. The van der Waals surface area contributed by atoms with E-state index in [9.17, 15) is 18.0 Å². The van der Waals surface area contributed by atoms with Crippen molar-refractivity contribution in [2.75, 3.05) is 17.2 Å². The molecule has 8 nitrogen and oxygen atoms in total. The summed E-state index contributed by atoms with van der Waals surface area (Å²) in [6.45, 7) is 0.417. The molecule has 0 saturated carbocycles. The van der Waals surface area contributed by atoms with Crippen LogP contribution in [-0.4, -0.2) is 32.2 Å². The van der Waals surface area contributed by atoms with Gasteiger partial charge in [0.2, 0.25) is 10.1 Å². The van der Waals surface area contributed by atoms with Gasteiger partial charge in [-0.25, -0.2) is 24.2 Å². The number of carbonyl (C=O) groups excluding carboxylic acids is 1. The molecule has 4 heterocycles. The fraction of sp³-hybridized carbons (Fsp3) is 0.143. The number of anilines is 2. The minimum Gasteiger partial charge on any atom is -0.383 e. The van der Waals surface area contributed by atoms with Crippen molar-refractivity contribution in [1.82, 2.24) is 24.9 Å². The minimum absolute atomic E-state index is 0.162. The van der Waals surface area contributed by atoms with Gasteiger partial charge in [-0.1, -0.05) is 11.3 Å². The van der Waals surface area contributed by atoms with Gasteiger partial charge in [-0.15, -0.1) is 5.10 Å². The van der Waals surface area contributed by atoms with Crippen LogP contribution in [0, 0.1) is 0 Å². The van der Waals surface area contributed by atoms with Crippen molar-refractivity contribution in [1.29, 1.82) is 0 Å². The molecule has 1 aliphatic heterocycles. The Bertz CT molecular complexity index is 1040. The molecule has 3 N–H and O–H groups in total. The summed E-state index contributed by atoms with van der Waals surface area (Å²) >= 11 is 1.12. The SMILES string of the molecule is Nc1ncc(-c2cnc3sc(N4C=CCNC4=O)nn23)cc1C(F)(F)F. The standard InChI is InChI=1S/C14H10F3N7OS/c15-14(16,17)8-4-7(5-20-10(8)18)9-6-21-12-24(9)22-13(26-12)23-3-1-2-19-11(23)25/h1,3-6H,2H2,(H2,18,20)(H,19,25). The highest BCUT2D eigenvalue weighted by atomic mass is 32.1. The first-order valence-corrected chi connectivity index (χ1v) is 8.07. The molecular formula is C14H10F3N7OS. The number of nitrogens with one attached hydrogen (secondary N) is 1. The molecule has 1 aliphatic rings. The molecular weight excluding hydrogens is 371 g/mol. The van der Waals surface area contributed by atoms with Gasteiger partial charge in [0.15, 0.2) is 0 Å². The van der Waals surface area contributed by atoms with Crippen molar-refractivity contribution < 1.29 is 18.0 Å². The van der Waals surface area contributed by atoms with Crippen LogP contribution in [0.3, 0.4) is 0 Å². The van der Waals surface area contributed by atoms with E-state index in [0.29, 0.717) is 22.3 Å². The van der Waals surface area contributed by atoms with Crippen LogP contribution in [0.15, 0.2) is 30.7 Å². The Balaban J connectivity index is 1.80. The smallest absolute Gasteiger partial charge is 0.383 e. The molecule has 0 atom stereocenters. The zero-order valence-electron chi connectivity index (χ0n) is 12.9. The van der Waals surface area contributed by atoms with Gasteiger partial charge in [0.25, 0.3) is 0 Å². The maximum absolute atomic E-state index is 13.1. The number of hydrogen-bond donors (Lipinski definition) is 2. The Morgan fingerprint density at radius 3 is 2.81 bits per heavy atom. The fourth-order valence-corrected chi connectivity index (χ4v) is 3.29.